The summed E-state index contributed by atoms with van der Waals surface area (Å²) >= 11 is 5.37. The molecule has 0 aliphatic carbocycles. The summed E-state index contributed by atoms with van der Waals surface area (Å²) in [6.45, 7) is 24.7. The first kappa shape index (κ1) is 72.1. The second-order valence-corrected chi connectivity index (χ2v) is 11.9. The fourth-order valence-electron chi connectivity index (χ4n) is 4.16. The summed E-state index contributed by atoms with van der Waals surface area (Å²) < 4.78 is 152. The number of hydrogen-bond donors (Lipinski definition) is 1. The maximum absolute atomic E-state index is 13.1. The zero-order chi connectivity index (χ0) is 50.2. The Bertz CT molecular complexity index is 1960. The molecule has 0 aromatic heterocycles. The Morgan fingerprint density at radius 2 is 0.892 bits per heavy atom. The van der Waals surface area contributed by atoms with E-state index < -0.39 is 82.9 Å². The molecule has 20 heteroatoms. The molecule has 65 heavy (non-hydrogen) atoms. The van der Waals surface area contributed by atoms with Crippen LogP contribution in [0.1, 0.15) is 124 Å². The van der Waals surface area contributed by atoms with Crippen molar-refractivity contribution in [1.82, 2.24) is 0 Å². The number of carbonyl (C=O) groups excluding carboxylic acids is 2. The van der Waals surface area contributed by atoms with Gasteiger partial charge in [0.25, 0.3) is 0 Å². The normalized spacial score (nSPS) is 9.91. The topological polar surface area (TPSA) is 76.5 Å². The zero-order valence-corrected chi connectivity index (χ0v) is 39.9. The molecule has 2 atom stereocenters. The van der Waals surface area contributed by atoms with E-state index in [0.29, 0.717) is 29.9 Å². The molecule has 0 heterocycles. The van der Waals surface area contributed by atoms with E-state index in [1.54, 1.807) is 41.2 Å². The third-order valence-corrected chi connectivity index (χ3v) is 7.50. The van der Waals surface area contributed by atoms with Crippen molar-refractivity contribution in [2.75, 3.05) is 0 Å². The fraction of sp³-hybridized carbons (Fsp3) is 0.333. The Balaban J connectivity index is -0.000000167. The number of benzene rings is 4. The van der Waals surface area contributed by atoms with Crippen molar-refractivity contribution in [3.8, 4) is 11.5 Å². The van der Waals surface area contributed by atoms with Crippen LogP contribution in [0, 0.1) is 62.5 Å². The molecular weight excluding hydrogens is 928 g/mol. The van der Waals surface area contributed by atoms with Gasteiger partial charge in [0.15, 0.2) is 54.2 Å². The number of esters is 2. The summed E-state index contributed by atoms with van der Waals surface area (Å²) in [5.41, 5.74) is 0.527. The van der Waals surface area contributed by atoms with Gasteiger partial charge >= 0.3 is 32.4 Å². The fourth-order valence-corrected chi connectivity index (χ4v) is 4.16. The molecular formula is C45H55AlBF11NO4PS. The number of halogens is 11. The van der Waals surface area contributed by atoms with Gasteiger partial charge in [-0.05, 0) is 71.9 Å². The van der Waals surface area contributed by atoms with Crippen LogP contribution in [0.25, 0.3) is 12.2 Å². The molecule has 4 rings (SSSR count). The van der Waals surface area contributed by atoms with E-state index in [1.807, 2.05) is 64.1 Å². The molecule has 0 amide bonds. The minimum atomic E-state index is -2.17. The van der Waals surface area contributed by atoms with E-state index in [-0.39, 0.29) is 27.8 Å². The molecule has 358 valence electrons. The van der Waals surface area contributed by atoms with Crippen LogP contribution in [0.2, 0.25) is 0 Å². The Morgan fingerprint density at radius 3 is 1.15 bits per heavy atom. The molecule has 0 spiro atoms. The standard InChI is InChI=1S/C12H16O2.C10H9F5.C10H10O2.C8H3F5.2C2H6.CH4.Al.B.FPS.HN/c1-4-9(2)11-5-7-12(8-6-11)14-10(3)13;1-3-4(2)5-6(11)8(13)10(15)9(14)7(5)12;1-3-9-4-6-10(7-5-9)12-8(2)11;1-2-3-4(9)6(11)8(13)7(12)5(3)10;2*1-2;;;;1-2-3;/h5-9H,4H2,1-3H3;4H,3H2,1-2H3;3-7H,1H2,2H3;2H,1H2;2*1-2H3;1H4;;;;1H. The van der Waals surface area contributed by atoms with E-state index >= 15 is 0 Å². The summed E-state index contributed by atoms with van der Waals surface area (Å²) in [7, 11) is -0.500. The van der Waals surface area contributed by atoms with Crippen molar-refractivity contribution in [2.24, 2.45) is 0 Å². The molecule has 0 bridgehead atoms. The summed E-state index contributed by atoms with van der Waals surface area (Å²) in [4.78, 5) is 21.2. The quantitative estimate of drug-likeness (QED) is 0.0362. The Hall–Kier alpha value is -4.55. The van der Waals surface area contributed by atoms with E-state index in [1.165, 1.54) is 26.3 Å². The minimum absolute atomic E-state index is 0. The van der Waals surface area contributed by atoms with Gasteiger partial charge < -0.3 is 9.47 Å². The first-order valence-electron chi connectivity index (χ1n) is 18.8. The van der Waals surface area contributed by atoms with Crippen LogP contribution in [0.15, 0.2) is 61.7 Å². The van der Waals surface area contributed by atoms with Crippen LogP contribution in [0.3, 0.4) is 0 Å². The average Bonchev–Trinajstić information content (AvgIpc) is 3.29. The van der Waals surface area contributed by atoms with Gasteiger partial charge in [-0.25, -0.2) is 43.9 Å². The molecule has 0 aliphatic heterocycles. The van der Waals surface area contributed by atoms with Gasteiger partial charge in [0.2, 0.25) is 11.6 Å². The molecule has 0 aliphatic rings. The Kier molecular flexibility index (Phi) is 45.4. The van der Waals surface area contributed by atoms with Gasteiger partial charge in [-0.15, -0.1) is 0 Å². The van der Waals surface area contributed by atoms with E-state index in [2.05, 4.69) is 38.8 Å². The van der Waals surface area contributed by atoms with Gasteiger partial charge in [0, 0.05) is 27.8 Å². The third-order valence-electron chi connectivity index (χ3n) is 7.50. The number of rotatable bonds is 8. The number of carbonyl (C=O) groups is 2. The van der Waals surface area contributed by atoms with Crippen LogP contribution >= 0.6 is 7.67 Å². The molecule has 0 saturated carbocycles. The Morgan fingerprint density at radius 1 is 0.615 bits per heavy atom. The maximum atomic E-state index is 13.1. The van der Waals surface area contributed by atoms with Crippen molar-refractivity contribution in [1.29, 1.82) is 4.35 Å². The SMILES string of the molecule is C.C=Cc1c(F)c(F)c(F)c(F)c1F.C=Cc1ccc(OC(C)=O)cc1.CC.CC.CCC(C)c1c(F)c(F)c(F)c(F)c1F.CCC(C)c1ccc(OC(C)=O)cc1.FP=S.[B].[NH]=[Al]. The van der Waals surface area contributed by atoms with Crippen molar-refractivity contribution in [2.45, 2.75) is 101 Å². The second kappa shape index (κ2) is 40.9. The molecule has 4 aromatic rings. The first-order valence-corrected chi connectivity index (χ1v) is 21.1. The average molecular weight is 984 g/mol. The van der Waals surface area contributed by atoms with E-state index in [0.717, 1.165) is 12.0 Å². The molecule has 5 nitrogen and oxygen atoms in total. The molecule has 4 radical (unpaired) electrons. The molecule has 4 aromatic carbocycles. The molecule has 0 fully saturated rings. The van der Waals surface area contributed by atoms with Crippen molar-refractivity contribution < 1.29 is 67.2 Å². The van der Waals surface area contributed by atoms with Gasteiger partial charge in [-0.2, -0.15) is 4.20 Å². The molecule has 2 unspecified atom stereocenters. The van der Waals surface area contributed by atoms with Crippen LogP contribution in [0.4, 0.5) is 48.1 Å². The number of ether oxygens (including phenoxy) is 2. The second-order valence-electron chi connectivity index (χ2n) is 11.4. The first-order chi connectivity index (χ1) is 29.7. The van der Waals surface area contributed by atoms with Crippen LogP contribution in [-0.2, 0) is 21.4 Å². The van der Waals surface area contributed by atoms with Crippen LogP contribution in [-0.4, -0.2) is 36.4 Å². The van der Waals surface area contributed by atoms with Crippen molar-refractivity contribution in [3.63, 3.8) is 0 Å². The van der Waals surface area contributed by atoms with Gasteiger partial charge in [0.1, 0.15) is 11.5 Å². The van der Waals surface area contributed by atoms with Crippen molar-refractivity contribution >= 4 is 68.1 Å². The van der Waals surface area contributed by atoms with Gasteiger partial charge in [-0.1, -0.05) is 112 Å². The zero-order valence-electron chi connectivity index (χ0n) is 37.1. The van der Waals surface area contributed by atoms with E-state index in [9.17, 15) is 57.7 Å². The number of hydrogen-bond acceptors (Lipinski definition) is 6. The van der Waals surface area contributed by atoms with E-state index in [4.69, 9.17) is 13.8 Å². The number of nitrogens with one attached hydrogen (secondary N) is 1. The van der Waals surface area contributed by atoms with Gasteiger partial charge in [-0.3, -0.25) is 9.59 Å². The molecule has 0 saturated heterocycles. The third kappa shape index (κ3) is 25.7. The monoisotopic (exact) mass is 983 g/mol. The van der Waals surface area contributed by atoms with Crippen LogP contribution in [0.5, 0.6) is 11.5 Å². The predicted octanol–water partition coefficient (Wildman–Crippen LogP) is 15.8. The molecule has 1 N–H and O–H groups in total. The summed E-state index contributed by atoms with van der Waals surface area (Å²) in [6, 6.07) is 14.8. The summed E-state index contributed by atoms with van der Waals surface area (Å²) in [6.07, 6.45) is 3.71. The predicted molar refractivity (Wildman–Crippen MR) is 245 cm³/mol. The van der Waals surface area contributed by atoms with Crippen LogP contribution < -0.4 is 9.47 Å². The Labute approximate surface area is 393 Å². The summed E-state index contributed by atoms with van der Waals surface area (Å²) in [5, 5.41) is 0. The van der Waals surface area contributed by atoms with Gasteiger partial charge in [0.05, 0.1) is 5.56 Å². The van der Waals surface area contributed by atoms with Crippen molar-refractivity contribution in [3.05, 3.63) is 142 Å². The summed E-state index contributed by atoms with van der Waals surface area (Å²) in [5.74, 6) is -18.7.